The quantitative estimate of drug-likeness (QED) is 0.0776. The second-order valence-corrected chi connectivity index (χ2v) is 10.7. The highest BCUT2D eigenvalue weighted by atomic mass is 32.2. The summed E-state index contributed by atoms with van der Waals surface area (Å²) >= 11 is 1.26. The maximum atomic E-state index is 12.4. The average Bonchev–Trinajstić information content (AvgIpc) is 3.03. The summed E-state index contributed by atoms with van der Waals surface area (Å²) in [4.78, 5) is 33.7. The van der Waals surface area contributed by atoms with Gasteiger partial charge in [0, 0.05) is 39.4 Å². The van der Waals surface area contributed by atoms with E-state index in [-0.39, 0.29) is 18.1 Å². The Hall–Kier alpha value is -5.35. The Morgan fingerprint density at radius 1 is 0.860 bits per heavy atom. The minimum atomic E-state index is -0.474. The number of aromatic nitrogens is 2. The predicted octanol–water partition coefficient (Wildman–Crippen LogP) is 7.05. The molecule has 1 heterocycles. The van der Waals surface area contributed by atoms with Gasteiger partial charge >= 0.3 is 0 Å². The standard InChI is InChI=1S/C33H28N6O3S/c1-22-13-14-27(17-23(22)2)34-21-32(40)38-35-20-26-18-28(39(41)42)15-16-31(26)43-33-36-29(24-9-5-3-6-10-24)19-30(37-33)25-11-7-4-8-12-25/h3-20,34H,21H2,1-2H3,(H,38,40)/b35-20+. The zero-order valence-corrected chi connectivity index (χ0v) is 24.3. The second kappa shape index (κ2) is 13.5. The third-order valence-electron chi connectivity index (χ3n) is 6.60. The Balaban J connectivity index is 1.39. The summed E-state index contributed by atoms with van der Waals surface area (Å²) in [7, 11) is 0. The number of amides is 1. The van der Waals surface area contributed by atoms with E-state index in [2.05, 4.69) is 15.8 Å². The minimum Gasteiger partial charge on any atom is -0.376 e. The van der Waals surface area contributed by atoms with E-state index in [1.54, 1.807) is 6.07 Å². The van der Waals surface area contributed by atoms with Crippen molar-refractivity contribution in [3.8, 4) is 22.5 Å². The van der Waals surface area contributed by atoms with Crippen LogP contribution in [-0.2, 0) is 4.79 Å². The van der Waals surface area contributed by atoms with Gasteiger partial charge in [-0.3, -0.25) is 14.9 Å². The Morgan fingerprint density at radius 2 is 1.51 bits per heavy atom. The number of non-ortho nitro benzene ring substituents is 1. The number of hydrogen-bond acceptors (Lipinski definition) is 8. The van der Waals surface area contributed by atoms with Crippen molar-refractivity contribution in [3.05, 3.63) is 130 Å². The molecular formula is C33H28N6O3S. The van der Waals surface area contributed by atoms with Crippen molar-refractivity contribution in [3.63, 3.8) is 0 Å². The summed E-state index contributed by atoms with van der Waals surface area (Å²) in [5.41, 5.74) is 9.31. The molecule has 0 fully saturated rings. The molecule has 0 aliphatic carbocycles. The van der Waals surface area contributed by atoms with Crippen molar-refractivity contribution in [1.82, 2.24) is 15.4 Å². The first-order valence-corrected chi connectivity index (χ1v) is 14.3. The van der Waals surface area contributed by atoms with E-state index in [4.69, 9.17) is 9.97 Å². The third-order valence-corrected chi connectivity index (χ3v) is 7.56. The molecule has 2 N–H and O–H groups in total. The molecular weight excluding hydrogens is 560 g/mol. The summed E-state index contributed by atoms with van der Waals surface area (Å²) < 4.78 is 0. The van der Waals surface area contributed by atoms with E-state index >= 15 is 0 Å². The molecule has 214 valence electrons. The lowest BCUT2D eigenvalue weighted by molar-refractivity contribution is -0.384. The lowest BCUT2D eigenvalue weighted by atomic mass is 10.1. The van der Waals surface area contributed by atoms with Crippen molar-refractivity contribution < 1.29 is 9.72 Å². The van der Waals surface area contributed by atoms with Crippen LogP contribution in [-0.4, -0.2) is 33.6 Å². The molecule has 0 unspecified atom stereocenters. The van der Waals surface area contributed by atoms with E-state index in [0.717, 1.165) is 33.8 Å². The Bertz CT molecular complexity index is 1740. The van der Waals surface area contributed by atoms with E-state index in [9.17, 15) is 14.9 Å². The SMILES string of the molecule is Cc1ccc(NCC(=O)N/N=C/c2cc([N+](=O)[O-])ccc2Sc2nc(-c3ccccc3)cc(-c3ccccc3)n2)cc1C. The van der Waals surface area contributed by atoms with Crippen molar-refractivity contribution in [2.24, 2.45) is 5.10 Å². The fraction of sp³-hybridized carbons (Fsp3) is 0.0909. The van der Waals surface area contributed by atoms with E-state index in [1.807, 2.05) is 98.8 Å². The minimum absolute atomic E-state index is 0.0127. The smallest absolute Gasteiger partial charge is 0.270 e. The molecule has 1 aromatic heterocycles. The van der Waals surface area contributed by atoms with Crippen LogP contribution < -0.4 is 10.7 Å². The van der Waals surface area contributed by atoms with Crippen molar-refractivity contribution in [2.45, 2.75) is 23.9 Å². The molecule has 43 heavy (non-hydrogen) atoms. The van der Waals surface area contributed by atoms with E-state index in [1.165, 1.54) is 35.7 Å². The normalized spacial score (nSPS) is 10.9. The number of hydrazone groups is 1. The molecule has 0 aliphatic heterocycles. The van der Waals surface area contributed by atoms with Crippen LogP contribution >= 0.6 is 11.8 Å². The number of nitro benzene ring substituents is 1. The van der Waals surface area contributed by atoms with Crippen LogP contribution in [0.5, 0.6) is 0 Å². The van der Waals surface area contributed by atoms with Crippen molar-refractivity contribution >= 4 is 35.3 Å². The maximum absolute atomic E-state index is 12.4. The Kier molecular flexibility index (Phi) is 9.18. The highest BCUT2D eigenvalue weighted by molar-refractivity contribution is 7.99. The number of benzene rings is 4. The number of nitrogens with zero attached hydrogens (tertiary/aromatic N) is 4. The fourth-order valence-electron chi connectivity index (χ4n) is 4.17. The Labute approximate surface area is 253 Å². The number of aryl methyl sites for hydroxylation is 2. The van der Waals surface area contributed by atoms with Gasteiger partial charge in [0.15, 0.2) is 5.16 Å². The number of nitro groups is 1. The van der Waals surface area contributed by atoms with Crippen LogP contribution in [0.1, 0.15) is 16.7 Å². The molecule has 1 amide bonds. The highest BCUT2D eigenvalue weighted by Gasteiger charge is 2.15. The van der Waals surface area contributed by atoms with Crippen LogP contribution in [0, 0.1) is 24.0 Å². The van der Waals surface area contributed by atoms with Gasteiger partial charge in [0.25, 0.3) is 11.6 Å². The van der Waals surface area contributed by atoms with Crippen LogP contribution in [0.2, 0.25) is 0 Å². The monoisotopic (exact) mass is 588 g/mol. The molecule has 0 atom stereocenters. The van der Waals surface area contributed by atoms with Gasteiger partial charge in [-0.2, -0.15) is 5.10 Å². The highest BCUT2D eigenvalue weighted by Crippen LogP contribution is 2.33. The fourth-order valence-corrected chi connectivity index (χ4v) is 5.02. The Morgan fingerprint density at radius 3 is 2.12 bits per heavy atom. The predicted molar refractivity (Wildman–Crippen MR) is 170 cm³/mol. The zero-order valence-electron chi connectivity index (χ0n) is 23.5. The molecule has 0 spiro atoms. The van der Waals surface area contributed by atoms with E-state index in [0.29, 0.717) is 15.6 Å². The average molecular weight is 589 g/mol. The first-order valence-electron chi connectivity index (χ1n) is 13.4. The largest absolute Gasteiger partial charge is 0.376 e. The number of hydrogen-bond donors (Lipinski definition) is 2. The summed E-state index contributed by atoms with van der Waals surface area (Å²) in [6.45, 7) is 4.04. The molecule has 0 saturated heterocycles. The maximum Gasteiger partial charge on any atom is 0.270 e. The molecule has 0 bridgehead atoms. The van der Waals surface area contributed by atoms with Gasteiger partial charge in [0.05, 0.1) is 29.1 Å². The molecule has 10 heteroatoms. The van der Waals surface area contributed by atoms with E-state index < -0.39 is 4.92 Å². The van der Waals surface area contributed by atoms with Gasteiger partial charge < -0.3 is 5.32 Å². The number of carbonyl (C=O) groups is 1. The first kappa shape index (κ1) is 29.2. The van der Waals surface area contributed by atoms with Crippen LogP contribution in [0.15, 0.2) is 118 Å². The van der Waals surface area contributed by atoms with Crippen LogP contribution in [0.25, 0.3) is 22.5 Å². The molecule has 0 radical (unpaired) electrons. The molecule has 0 aliphatic rings. The lowest BCUT2D eigenvalue weighted by Crippen LogP contribution is -2.25. The first-order chi connectivity index (χ1) is 20.9. The summed E-state index contributed by atoms with van der Waals surface area (Å²) in [5, 5.41) is 19.1. The van der Waals surface area contributed by atoms with Gasteiger partial charge in [-0.25, -0.2) is 15.4 Å². The second-order valence-electron chi connectivity index (χ2n) is 9.68. The molecule has 5 rings (SSSR count). The summed E-state index contributed by atoms with van der Waals surface area (Å²) in [5.74, 6) is -0.361. The molecule has 0 saturated carbocycles. The lowest BCUT2D eigenvalue weighted by Gasteiger charge is -2.10. The van der Waals surface area contributed by atoms with Gasteiger partial charge in [0.1, 0.15) is 0 Å². The summed E-state index contributed by atoms with van der Waals surface area (Å²) in [6.07, 6.45) is 1.39. The number of anilines is 1. The number of rotatable bonds is 10. The van der Waals surface area contributed by atoms with Gasteiger partial charge in [-0.1, -0.05) is 66.7 Å². The number of carbonyl (C=O) groups excluding carboxylic acids is 1. The number of nitrogens with one attached hydrogen (secondary N) is 2. The molecule has 9 nitrogen and oxygen atoms in total. The van der Waals surface area contributed by atoms with Gasteiger partial charge in [-0.15, -0.1) is 0 Å². The van der Waals surface area contributed by atoms with Crippen molar-refractivity contribution in [1.29, 1.82) is 0 Å². The van der Waals surface area contributed by atoms with Crippen LogP contribution in [0.3, 0.4) is 0 Å². The van der Waals surface area contributed by atoms with Gasteiger partial charge in [0.2, 0.25) is 0 Å². The summed E-state index contributed by atoms with van der Waals surface area (Å²) in [6, 6.07) is 31.9. The zero-order chi connectivity index (χ0) is 30.2. The van der Waals surface area contributed by atoms with Gasteiger partial charge in [-0.05, 0) is 61.0 Å². The topological polar surface area (TPSA) is 122 Å². The molecule has 5 aromatic rings. The van der Waals surface area contributed by atoms with Crippen molar-refractivity contribution in [2.75, 3.05) is 11.9 Å². The molecule has 4 aromatic carbocycles. The van der Waals surface area contributed by atoms with Crippen LogP contribution in [0.4, 0.5) is 11.4 Å². The third kappa shape index (κ3) is 7.69.